The van der Waals surface area contributed by atoms with E-state index in [4.69, 9.17) is 4.74 Å². The van der Waals surface area contributed by atoms with Crippen LogP contribution >= 0.6 is 0 Å². The van der Waals surface area contributed by atoms with Gasteiger partial charge in [0, 0.05) is 17.8 Å². The van der Waals surface area contributed by atoms with Crippen LogP contribution in [0.5, 0.6) is 5.75 Å². The van der Waals surface area contributed by atoms with Crippen LogP contribution in [-0.2, 0) is 0 Å². The third-order valence-electron chi connectivity index (χ3n) is 2.98. The predicted molar refractivity (Wildman–Crippen MR) is 71.3 cm³/mol. The highest BCUT2D eigenvalue weighted by molar-refractivity contribution is 5.49. The molecule has 0 spiro atoms. The van der Waals surface area contributed by atoms with Crippen LogP contribution in [0, 0.1) is 17.5 Å². The van der Waals surface area contributed by atoms with Gasteiger partial charge in [0.15, 0.2) is 23.2 Å². The molecule has 0 radical (unpaired) electrons. The Bertz CT molecular complexity index is 616. The first-order valence-corrected chi connectivity index (χ1v) is 6.06. The predicted octanol–water partition coefficient (Wildman–Crippen LogP) is 4.29. The fraction of sp³-hybridized carbons (Fsp3) is 0.200. The first-order chi connectivity index (χ1) is 9.51. The van der Waals surface area contributed by atoms with Crippen LogP contribution in [0.25, 0.3) is 0 Å². The number of ether oxygens (including phenoxy) is 1. The Morgan fingerprint density at radius 2 is 1.70 bits per heavy atom. The molecule has 0 aliphatic heterocycles. The first kappa shape index (κ1) is 14.2. The van der Waals surface area contributed by atoms with Crippen LogP contribution < -0.4 is 10.1 Å². The van der Waals surface area contributed by atoms with E-state index in [0.717, 1.165) is 12.1 Å². The average Bonchev–Trinajstić information content (AvgIpc) is 2.42. The van der Waals surface area contributed by atoms with Crippen LogP contribution in [0.4, 0.5) is 18.9 Å². The number of hydrogen-bond acceptors (Lipinski definition) is 2. The quantitative estimate of drug-likeness (QED) is 0.902. The standard InChI is InChI=1S/C15H14F3NO/c1-9(10-3-5-12(16)13(17)7-10)19-11-4-6-15(20-2)14(18)8-11/h3-9,19H,1-2H3. The topological polar surface area (TPSA) is 21.3 Å². The summed E-state index contributed by atoms with van der Waals surface area (Å²) in [6.07, 6.45) is 0. The van der Waals surface area contributed by atoms with Crippen molar-refractivity contribution in [2.24, 2.45) is 0 Å². The highest BCUT2D eigenvalue weighted by Crippen LogP contribution is 2.25. The molecule has 0 fully saturated rings. The lowest BCUT2D eigenvalue weighted by molar-refractivity contribution is 0.386. The van der Waals surface area contributed by atoms with E-state index in [1.54, 1.807) is 13.0 Å². The highest BCUT2D eigenvalue weighted by atomic mass is 19.2. The number of methoxy groups -OCH3 is 1. The van der Waals surface area contributed by atoms with Gasteiger partial charge in [0.25, 0.3) is 0 Å². The van der Waals surface area contributed by atoms with Gasteiger partial charge in [-0.15, -0.1) is 0 Å². The fourth-order valence-electron chi connectivity index (χ4n) is 1.87. The minimum absolute atomic E-state index is 0.149. The van der Waals surface area contributed by atoms with E-state index in [2.05, 4.69) is 5.32 Å². The number of halogens is 3. The highest BCUT2D eigenvalue weighted by Gasteiger charge is 2.10. The molecule has 0 aromatic heterocycles. The molecule has 2 rings (SSSR count). The molecule has 0 bridgehead atoms. The Balaban J connectivity index is 2.16. The third-order valence-corrected chi connectivity index (χ3v) is 2.98. The van der Waals surface area contributed by atoms with Crippen molar-refractivity contribution in [1.82, 2.24) is 0 Å². The van der Waals surface area contributed by atoms with E-state index >= 15 is 0 Å². The van der Waals surface area contributed by atoms with Crippen LogP contribution in [0.1, 0.15) is 18.5 Å². The molecule has 0 aliphatic rings. The molecule has 2 aromatic rings. The summed E-state index contributed by atoms with van der Waals surface area (Å²) in [7, 11) is 1.38. The first-order valence-electron chi connectivity index (χ1n) is 6.06. The van der Waals surface area contributed by atoms with Gasteiger partial charge in [0.1, 0.15) is 0 Å². The normalized spacial score (nSPS) is 12.1. The summed E-state index contributed by atoms with van der Waals surface area (Å²) in [6.45, 7) is 1.77. The van der Waals surface area contributed by atoms with Crippen molar-refractivity contribution in [1.29, 1.82) is 0 Å². The zero-order valence-electron chi connectivity index (χ0n) is 11.1. The molecule has 2 aromatic carbocycles. The van der Waals surface area contributed by atoms with E-state index in [-0.39, 0.29) is 11.8 Å². The third kappa shape index (κ3) is 3.04. The van der Waals surface area contributed by atoms with Gasteiger partial charge in [0.05, 0.1) is 7.11 Å². The second-order valence-corrected chi connectivity index (χ2v) is 4.39. The van der Waals surface area contributed by atoms with E-state index < -0.39 is 17.5 Å². The molecular weight excluding hydrogens is 267 g/mol. The van der Waals surface area contributed by atoms with Crippen molar-refractivity contribution in [3.63, 3.8) is 0 Å². The van der Waals surface area contributed by atoms with Gasteiger partial charge in [-0.25, -0.2) is 13.2 Å². The van der Waals surface area contributed by atoms with Gasteiger partial charge in [0.2, 0.25) is 0 Å². The van der Waals surface area contributed by atoms with Gasteiger partial charge in [-0.3, -0.25) is 0 Å². The molecule has 5 heteroatoms. The number of anilines is 1. The number of rotatable bonds is 4. The summed E-state index contributed by atoms with van der Waals surface area (Å²) in [5.41, 5.74) is 1.10. The molecule has 1 unspecified atom stereocenters. The van der Waals surface area contributed by atoms with Crippen LogP contribution in [0.2, 0.25) is 0 Å². The zero-order valence-corrected chi connectivity index (χ0v) is 11.1. The molecule has 2 nitrogen and oxygen atoms in total. The molecular formula is C15H14F3NO. The monoisotopic (exact) mass is 281 g/mol. The van der Waals surface area contributed by atoms with Crippen molar-refractivity contribution in [2.45, 2.75) is 13.0 Å². The van der Waals surface area contributed by atoms with E-state index in [1.807, 2.05) is 0 Å². The summed E-state index contributed by atoms with van der Waals surface area (Å²) < 4.78 is 44.4. The number of hydrogen-bond donors (Lipinski definition) is 1. The molecule has 0 saturated carbocycles. The largest absolute Gasteiger partial charge is 0.494 e. The fourth-order valence-corrected chi connectivity index (χ4v) is 1.87. The average molecular weight is 281 g/mol. The van der Waals surface area contributed by atoms with Gasteiger partial charge in [-0.2, -0.15) is 0 Å². The molecule has 1 N–H and O–H groups in total. The second kappa shape index (κ2) is 5.86. The van der Waals surface area contributed by atoms with E-state index in [0.29, 0.717) is 11.3 Å². The molecule has 0 amide bonds. The van der Waals surface area contributed by atoms with Crippen molar-refractivity contribution < 1.29 is 17.9 Å². The van der Waals surface area contributed by atoms with Crippen LogP contribution in [0.15, 0.2) is 36.4 Å². The molecule has 0 heterocycles. The van der Waals surface area contributed by atoms with Crippen molar-refractivity contribution >= 4 is 5.69 Å². The Kier molecular flexibility index (Phi) is 4.17. The molecule has 20 heavy (non-hydrogen) atoms. The summed E-state index contributed by atoms with van der Waals surface area (Å²) in [6, 6.07) is 7.81. The lowest BCUT2D eigenvalue weighted by Crippen LogP contribution is -2.07. The maximum Gasteiger partial charge on any atom is 0.167 e. The molecule has 0 saturated heterocycles. The minimum atomic E-state index is -0.905. The Morgan fingerprint density at radius 3 is 2.30 bits per heavy atom. The van der Waals surface area contributed by atoms with Crippen molar-refractivity contribution in [2.75, 3.05) is 12.4 Å². The van der Waals surface area contributed by atoms with Gasteiger partial charge in [-0.05, 0) is 36.8 Å². The van der Waals surface area contributed by atoms with Crippen molar-refractivity contribution in [3.05, 3.63) is 59.4 Å². The summed E-state index contributed by atoms with van der Waals surface area (Å²) >= 11 is 0. The smallest absolute Gasteiger partial charge is 0.167 e. The zero-order chi connectivity index (χ0) is 14.7. The number of nitrogens with one attached hydrogen (secondary N) is 1. The van der Waals surface area contributed by atoms with E-state index in [9.17, 15) is 13.2 Å². The molecule has 1 atom stereocenters. The van der Waals surface area contributed by atoms with Gasteiger partial charge >= 0.3 is 0 Å². The second-order valence-electron chi connectivity index (χ2n) is 4.39. The summed E-state index contributed by atoms with van der Waals surface area (Å²) in [5, 5.41) is 3.01. The summed E-state index contributed by atoms with van der Waals surface area (Å²) in [5.74, 6) is -2.14. The maximum absolute atomic E-state index is 13.5. The lowest BCUT2D eigenvalue weighted by Gasteiger charge is -2.16. The molecule has 106 valence electrons. The minimum Gasteiger partial charge on any atom is -0.494 e. The van der Waals surface area contributed by atoms with Crippen LogP contribution in [-0.4, -0.2) is 7.11 Å². The lowest BCUT2D eigenvalue weighted by atomic mass is 10.1. The SMILES string of the molecule is COc1ccc(NC(C)c2ccc(F)c(F)c2)cc1F. The van der Waals surface area contributed by atoms with Crippen molar-refractivity contribution in [3.8, 4) is 5.75 Å². The van der Waals surface area contributed by atoms with Gasteiger partial charge in [-0.1, -0.05) is 6.07 Å². The summed E-state index contributed by atoms with van der Waals surface area (Å²) in [4.78, 5) is 0. The van der Waals surface area contributed by atoms with Crippen LogP contribution in [0.3, 0.4) is 0 Å². The van der Waals surface area contributed by atoms with Gasteiger partial charge < -0.3 is 10.1 Å². The Morgan fingerprint density at radius 1 is 0.950 bits per heavy atom. The number of benzene rings is 2. The molecule has 0 aliphatic carbocycles. The van der Waals surface area contributed by atoms with E-state index in [1.165, 1.54) is 25.3 Å². The Hall–Kier alpha value is -2.17. The maximum atomic E-state index is 13.5. The Labute approximate surface area is 115 Å².